The van der Waals surface area contributed by atoms with Crippen molar-refractivity contribution in [1.82, 2.24) is 14.9 Å². The first-order chi connectivity index (χ1) is 25.8. The maximum absolute atomic E-state index is 13.4. The van der Waals surface area contributed by atoms with E-state index in [0.29, 0.717) is 36.9 Å². The quantitative estimate of drug-likeness (QED) is 0.279. The Labute approximate surface area is 327 Å². The zero-order chi connectivity index (χ0) is 38.7. The van der Waals surface area contributed by atoms with E-state index in [9.17, 15) is 18.0 Å². The van der Waals surface area contributed by atoms with Crippen molar-refractivity contribution >= 4 is 39.5 Å². The van der Waals surface area contributed by atoms with Gasteiger partial charge in [-0.05, 0) is 138 Å². The van der Waals surface area contributed by atoms with E-state index in [0.717, 1.165) is 56.7 Å². The van der Waals surface area contributed by atoms with Gasteiger partial charge in [-0.15, -0.1) is 0 Å². The van der Waals surface area contributed by atoms with E-state index in [4.69, 9.17) is 21.1 Å². The molecular weight excluding hydrogens is 724 g/mol. The first-order valence-electron chi connectivity index (χ1n) is 19.8. The molecule has 1 saturated carbocycles. The van der Waals surface area contributed by atoms with Crippen LogP contribution in [0, 0.1) is 17.8 Å². The molecule has 0 aromatic heterocycles. The van der Waals surface area contributed by atoms with Crippen LogP contribution in [0.1, 0.15) is 87.7 Å². The average Bonchev–Trinajstić information content (AvgIpc) is 3.51. The predicted molar refractivity (Wildman–Crippen MR) is 215 cm³/mol. The molecule has 3 aliphatic heterocycles. The molecular formula is C42H59ClN4O6S. The largest absolute Gasteiger partial charge is 0.490 e. The summed E-state index contributed by atoms with van der Waals surface area (Å²) in [7, 11) is -2.41. The number of aryl methyl sites for hydroxylation is 1. The van der Waals surface area contributed by atoms with Crippen molar-refractivity contribution in [2.24, 2.45) is 17.8 Å². The number of carbonyl (C=O) groups excluding carboxylic acids is 2. The van der Waals surface area contributed by atoms with Gasteiger partial charge in [-0.25, -0.2) is 13.1 Å². The molecule has 2 fully saturated rings. The van der Waals surface area contributed by atoms with E-state index >= 15 is 0 Å². The summed E-state index contributed by atoms with van der Waals surface area (Å²) in [5.41, 5.74) is 2.05. The molecule has 2 N–H and O–H groups in total. The lowest BCUT2D eigenvalue weighted by atomic mass is 9.64. The molecule has 2 aliphatic carbocycles. The van der Waals surface area contributed by atoms with Crippen molar-refractivity contribution in [3.63, 3.8) is 0 Å². The van der Waals surface area contributed by atoms with Gasteiger partial charge in [0.25, 0.3) is 5.91 Å². The fourth-order valence-corrected chi connectivity index (χ4v) is 10.5. The van der Waals surface area contributed by atoms with Crippen molar-refractivity contribution in [3.8, 4) is 5.75 Å². The number of methoxy groups -OCH3 is 1. The van der Waals surface area contributed by atoms with E-state index < -0.39 is 26.8 Å². The van der Waals surface area contributed by atoms with Crippen LogP contribution < -0.4 is 19.7 Å². The molecule has 7 rings (SSSR count). The molecule has 6 atom stereocenters. The molecule has 2 aromatic carbocycles. The second kappa shape index (κ2) is 17.0. The van der Waals surface area contributed by atoms with Crippen LogP contribution in [0.4, 0.5) is 5.69 Å². The highest BCUT2D eigenvalue weighted by Crippen LogP contribution is 2.48. The summed E-state index contributed by atoms with van der Waals surface area (Å²) in [4.78, 5) is 30.9. The Morgan fingerprint density at radius 1 is 1.07 bits per heavy atom. The molecule has 1 amide bonds. The second-order valence-electron chi connectivity index (χ2n) is 16.4. The Hall–Kier alpha value is -2.96. The van der Waals surface area contributed by atoms with Crippen LogP contribution in [0.3, 0.4) is 0 Å². The molecule has 10 nitrogen and oxygen atoms in total. The van der Waals surface area contributed by atoms with Crippen LogP contribution in [0.5, 0.6) is 5.75 Å². The molecule has 2 aromatic rings. The highest BCUT2D eigenvalue weighted by molar-refractivity contribution is 7.90. The third-order valence-corrected chi connectivity index (χ3v) is 15.0. The van der Waals surface area contributed by atoms with E-state index in [2.05, 4.69) is 45.8 Å². The number of hydrogen-bond acceptors (Lipinski definition) is 9. The minimum atomic E-state index is -3.97. The number of ether oxygens (including phenoxy) is 2. The summed E-state index contributed by atoms with van der Waals surface area (Å²) in [6.45, 7) is 14.6. The van der Waals surface area contributed by atoms with E-state index in [1.807, 2.05) is 25.1 Å². The molecule has 1 unspecified atom stereocenters. The minimum Gasteiger partial charge on any atom is -0.490 e. The highest BCUT2D eigenvalue weighted by atomic mass is 35.5. The smallest absolute Gasteiger partial charge is 0.264 e. The van der Waals surface area contributed by atoms with Crippen molar-refractivity contribution in [2.45, 2.75) is 94.9 Å². The first kappa shape index (κ1) is 40.7. The Balaban J connectivity index is 0.000000432. The summed E-state index contributed by atoms with van der Waals surface area (Å²) in [6.07, 6.45) is 11.0. The number of rotatable bonds is 3. The molecule has 5 aliphatic rings. The van der Waals surface area contributed by atoms with Crippen LogP contribution >= 0.6 is 11.6 Å². The lowest BCUT2D eigenvalue weighted by Gasteiger charge is -2.48. The van der Waals surface area contributed by atoms with Gasteiger partial charge >= 0.3 is 0 Å². The lowest BCUT2D eigenvalue weighted by Crippen LogP contribution is -2.53. The van der Waals surface area contributed by atoms with Gasteiger partial charge in [0.1, 0.15) is 11.4 Å². The average molecular weight is 783 g/mol. The maximum Gasteiger partial charge on any atom is 0.264 e. The van der Waals surface area contributed by atoms with Crippen molar-refractivity contribution in [3.05, 3.63) is 70.3 Å². The number of halogens is 1. The van der Waals surface area contributed by atoms with Crippen LogP contribution in [0.15, 0.2) is 48.6 Å². The van der Waals surface area contributed by atoms with Gasteiger partial charge in [0, 0.05) is 61.2 Å². The number of amides is 1. The molecule has 296 valence electrons. The Morgan fingerprint density at radius 2 is 1.89 bits per heavy atom. The van der Waals surface area contributed by atoms with Crippen LogP contribution in [-0.4, -0.2) is 95.4 Å². The fourth-order valence-electron chi connectivity index (χ4n) is 9.07. The van der Waals surface area contributed by atoms with Gasteiger partial charge in [-0.3, -0.25) is 14.5 Å². The second-order valence-corrected chi connectivity index (χ2v) is 18.9. The van der Waals surface area contributed by atoms with Gasteiger partial charge in [0.2, 0.25) is 10.0 Å². The summed E-state index contributed by atoms with van der Waals surface area (Å²) >= 11 is 6.40. The summed E-state index contributed by atoms with van der Waals surface area (Å²) in [6, 6.07) is 12.0. The number of anilines is 1. The van der Waals surface area contributed by atoms with Gasteiger partial charge in [0.05, 0.1) is 17.5 Å². The molecule has 1 spiro atoms. The number of fused-ring (bicyclic) bond motifs is 4. The van der Waals surface area contributed by atoms with Gasteiger partial charge in [-0.1, -0.05) is 30.7 Å². The third-order valence-electron chi connectivity index (χ3n) is 12.8. The van der Waals surface area contributed by atoms with Crippen LogP contribution in [0.2, 0.25) is 5.02 Å². The zero-order valence-electron chi connectivity index (χ0n) is 32.6. The Bertz CT molecular complexity index is 1800. The van der Waals surface area contributed by atoms with Gasteiger partial charge in [0.15, 0.2) is 6.29 Å². The number of aldehydes is 1. The van der Waals surface area contributed by atoms with Gasteiger partial charge < -0.3 is 19.7 Å². The molecule has 54 heavy (non-hydrogen) atoms. The van der Waals surface area contributed by atoms with Crippen molar-refractivity contribution < 1.29 is 27.5 Å². The number of nitrogens with one attached hydrogen (secondary N) is 2. The van der Waals surface area contributed by atoms with E-state index in [1.54, 1.807) is 32.2 Å². The monoisotopic (exact) mass is 782 g/mol. The Kier molecular flexibility index (Phi) is 12.8. The maximum atomic E-state index is 13.4. The SMILES string of the molecule is CC(C)N1CCCNCC1.COC1(C=O)/C=C/C[C@H](C)[C@@H](C)S(=O)(=O)NC(=O)c2ccc3c(c2)N(C[C@@H]2CC[C@H]21)C[C@@]1(CCCc2cc(Cl)ccc21)CO3. The van der Waals surface area contributed by atoms with Crippen LogP contribution in [0.25, 0.3) is 0 Å². The first-order valence-corrected chi connectivity index (χ1v) is 21.7. The number of carbonyl (C=O) groups is 2. The molecule has 12 heteroatoms. The lowest BCUT2D eigenvalue weighted by molar-refractivity contribution is -0.135. The van der Waals surface area contributed by atoms with Crippen LogP contribution in [-0.2, 0) is 31.4 Å². The van der Waals surface area contributed by atoms with E-state index in [1.165, 1.54) is 37.2 Å². The fraction of sp³-hybridized carbons (Fsp3) is 0.619. The summed E-state index contributed by atoms with van der Waals surface area (Å²) < 4.78 is 41.3. The summed E-state index contributed by atoms with van der Waals surface area (Å²) in [5, 5.41) is 3.27. The summed E-state index contributed by atoms with van der Waals surface area (Å²) in [5.74, 6) is -0.203. The minimum absolute atomic E-state index is 0.0434. The predicted octanol–water partition coefficient (Wildman–Crippen LogP) is 6.16. The van der Waals surface area contributed by atoms with Crippen molar-refractivity contribution in [1.29, 1.82) is 0 Å². The standard InChI is InChI=1S/C34H41ClN2O6S.C8H18N2/c1-22-6-4-15-34(20-38,42-3)29-11-8-26(29)18-37-19-33(14-5-7-24-16-27(35)10-12-28(24)33)21-43-31-13-9-25(17-30(31)37)32(39)36-44(40,41)23(22)2;1-8(2)10-6-3-4-9-5-7-10/h4,9-10,12-13,15-17,20,22-23,26,29H,5-8,11,14,18-19,21H2,1-3H3,(H,36,39);8-9H,3-7H2,1-2H3/b15-4+;/t22-,23+,26-,29+,33-,34?;/m0./s1. The van der Waals surface area contributed by atoms with Crippen molar-refractivity contribution in [2.75, 3.05) is 57.9 Å². The number of nitrogens with zero attached hydrogens (tertiary/aromatic N) is 2. The third kappa shape index (κ3) is 8.55. The van der Waals surface area contributed by atoms with E-state index in [-0.39, 0.29) is 28.7 Å². The normalized spacial score (nSPS) is 31.9. The Morgan fingerprint density at radius 3 is 2.61 bits per heavy atom. The molecule has 1 saturated heterocycles. The topological polar surface area (TPSA) is 117 Å². The van der Waals surface area contributed by atoms with Gasteiger partial charge in [-0.2, -0.15) is 0 Å². The molecule has 3 heterocycles. The number of benzene rings is 2. The highest BCUT2D eigenvalue weighted by Gasteiger charge is 2.49. The zero-order valence-corrected chi connectivity index (χ0v) is 34.2. The molecule has 2 bridgehead atoms. The molecule has 0 radical (unpaired) electrons. The number of hydrogen-bond donors (Lipinski definition) is 2. The number of sulfonamides is 1. The number of allylic oxidation sites excluding steroid dienone is 1.